The number of nitrogens with zero attached hydrogens (tertiary/aromatic N) is 1. The van der Waals surface area contributed by atoms with E-state index in [-0.39, 0.29) is 16.7 Å². The van der Waals surface area contributed by atoms with E-state index in [2.05, 4.69) is 21.5 Å². The molecule has 0 fully saturated rings. The quantitative estimate of drug-likeness (QED) is 0.375. The van der Waals surface area contributed by atoms with E-state index in [4.69, 9.17) is 9.84 Å². The van der Waals surface area contributed by atoms with E-state index in [0.29, 0.717) is 33.3 Å². The van der Waals surface area contributed by atoms with Crippen molar-refractivity contribution in [3.63, 3.8) is 0 Å². The first-order valence-electron chi connectivity index (χ1n) is 10.8. The number of benzene rings is 3. The lowest BCUT2D eigenvalue weighted by molar-refractivity contribution is 0.0690. The molecule has 0 atom stereocenters. The van der Waals surface area contributed by atoms with Crippen molar-refractivity contribution >= 4 is 32.5 Å². The first kappa shape index (κ1) is 23.8. The Morgan fingerprint density at radius 1 is 0.943 bits per heavy atom. The van der Waals surface area contributed by atoms with Crippen molar-refractivity contribution in [1.29, 1.82) is 0 Å². The summed E-state index contributed by atoms with van der Waals surface area (Å²) < 4.78 is 35.3. The number of nitrogens with one attached hydrogen (secondary N) is 1. The molecule has 0 saturated heterocycles. The van der Waals surface area contributed by atoms with E-state index in [0.717, 1.165) is 0 Å². The van der Waals surface area contributed by atoms with Gasteiger partial charge in [0, 0.05) is 28.1 Å². The molecule has 0 amide bonds. The van der Waals surface area contributed by atoms with Crippen LogP contribution in [0, 0.1) is 11.8 Å². The van der Waals surface area contributed by atoms with Crippen LogP contribution < -0.4 is 9.46 Å². The molecule has 2 N–H and O–H groups in total. The summed E-state index contributed by atoms with van der Waals surface area (Å²) in [5.74, 6) is 5.32. The van der Waals surface area contributed by atoms with E-state index >= 15 is 0 Å². The van der Waals surface area contributed by atoms with Gasteiger partial charge in [0.15, 0.2) is 0 Å². The van der Waals surface area contributed by atoms with E-state index in [1.54, 1.807) is 48.5 Å². The van der Waals surface area contributed by atoms with E-state index in [1.807, 2.05) is 26.0 Å². The molecule has 1 aromatic heterocycles. The molecule has 0 spiro atoms. The van der Waals surface area contributed by atoms with E-state index < -0.39 is 16.0 Å². The van der Waals surface area contributed by atoms with Crippen LogP contribution in [-0.4, -0.2) is 30.6 Å². The second-order valence-electron chi connectivity index (χ2n) is 7.91. The molecule has 0 aliphatic heterocycles. The van der Waals surface area contributed by atoms with Crippen LogP contribution in [0.2, 0.25) is 0 Å². The molecule has 4 aromatic rings. The fourth-order valence-electron chi connectivity index (χ4n) is 3.45. The van der Waals surface area contributed by atoms with Gasteiger partial charge in [-0.15, -0.1) is 0 Å². The number of carbonyl (C=O) groups is 1. The fourth-order valence-corrected chi connectivity index (χ4v) is 4.74. The Balaban J connectivity index is 1.68. The predicted molar refractivity (Wildman–Crippen MR) is 134 cm³/mol. The molecule has 0 unspecified atom stereocenters. The summed E-state index contributed by atoms with van der Waals surface area (Å²) in [5.41, 5.74) is 1.20. The third-order valence-electron chi connectivity index (χ3n) is 4.99. The zero-order valence-corrected chi connectivity index (χ0v) is 19.8. The highest BCUT2D eigenvalue weighted by molar-refractivity contribution is 7.93. The normalized spacial score (nSPS) is 11.1. The fraction of sp³-hybridized carbons (Fsp3) is 0.111. The van der Waals surface area contributed by atoms with Gasteiger partial charge in [-0.05, 0) is 50.2 Å². The lowest BCUT2D eigenvalue weighted by atomic mass is 10.1. The minimum atomic E-state index is -3.96. The third-order valence-corrected chi connectivity index (χ3v) is 6.42. The Morgan fingerprint density at radius 2 is 1.66 bits per heavy atom. The number of rotatable bonds is 6. The lowest BCUT2D eigenvalue weighted by Crippen LogP contribution is -2.15. The number of carboxylic acids is 1. The first-order valence-corrected chi connectivity index (χ1v) is 12.2. The molecule has 8 heteroatoms. The molecule has 0 aliphatic rings. The summed E-state index contributed by atoms with van der Waals surface area (Å²) in [7, 11) is -3.96. The van der Waals surface area contributed by atoms with Crippen molar-refractivity contribution in [3.8, 4) is 17.6 Å². The lowest BCUT2D eigenvalue weighted by Gasteiger charge is -2.16. The number of fused-ring (bicyclic) bond motifs is 1. The number of aromatic carboxylic acids is 1. The standard InChI is InChI=1S/C27H22N2O5S/c1-18(2)34-25-15-16-26(22-9-5-4-8-21(22)25)35(32,33)29-23-10-6-3-7-20(23)13-11-19-12-14-24(27(30)31)28-17-19/h3-10,12,14-18,29H,1-2H3,(H,30,31). The minimum Gasteiger partial charge on any atom is -0.490 e. The highest BCUT2D eigenvalue weighted by Gasteiger charge is 2.20. The third kappa shape index (κ3) is 5.42. The number of anilines is 1. The van der Waals surface area contributed by atoms with Crippen LogP contribution in [0.1, 0.15) is 35.5 Å². The summed E-state index contributed by atoms with van der Waals surface area (Å²) in [6.45, 7) is 3.82. The van der Waals surface area contributed by atoms with Crippen molar-refractivity contribution in [2.75, 3.05) is 4.72 Å². The van der Waals surface area contributed by atoms with E-state index in [9.17, 15) is 13.2 Å². The van der Waals surface area contributed by atoms with Crippen LogP contribution in [-0.2, 0) is 10.0 Å². The van der Waals surface area contributed by atoms with Crippen molar-refractivity contribution in [3.05, 3.63) is 95.8 Å². The molecule has 4 rings (SSSR count). The number of ether oxygens (including phenoxy) is 1. The summed E-state index contributed by atoms with van der Waals surface area (Å²) in [5, 5.41) is 10.2. The number of pyridine rings is 1. The van der Waals surface area contributed by atoms with Gasteiger partial charge in [-0.2, -0.15) is 0 Å². The maximum atomic E-state index is 13.4. The van der Waals surface area contributed by atoms with Crippen LogP contribution in [0.5, 0.6) is 5.75 Å². The molecule has 35 heavy (non-hydrogen) atoms. The van der Waals surface area contributed by atoms with Crippen molar-refractivity contribution in [1.82, 2.24) is 4.98 Å². The first-order chi connectivity index (χ1) is 16.7. The van der Waals surface area contributed by atoms with Gasteiger partial charge in [0.05, 0.1) is 16.7 Å². The smallest absolute Gasteiger partial charge is 0.354 e. The Morgan fingerprint density at radius 3 is 2.34 bits per heavy atom. The number of carboxylic acid groups (broad SMARTS) is 1. The van der Waals surface area contributed by atoms with E-state index in [1.165, 1.54) is 18.3 Å². The Kier molecular flexibility index (Phi) is 6.71. The second-order valence-corrected chi connectivity index (χ2v) is 9.56. The number of aromatic nitrogens is 1. The summed E-state index contributed by atoms with van der Waals surface area (Å²) in [4.78, 5) is 14.9. The van der Waals surface area contributed by atoms with Crippen LogP contribution >= 0.6 is 0 Å². The Labute approximate surface area is 203 Å². The zero-order chi connectivity index (χ0) is 25.0. The van der Waals surface area contributed by atoms with Crippen LogP contribution in [0.15, 0.2) is 83.9 Å². The highest BCUT2D eigenvalue weighted by atomic mass is 32.2. The monoisotopic (exact) mass is 486 g/mol. The zero-order valence-electron chi connectivity index (χ0n) is 19.0. The predicted octanol–water partition coefficient (Wildman–Crippen LogP) is 4.92. The average molecular weight is 487 g/mol. The molecule has 0 bridgehead atoms. The van der Waals surface area contributed by atoms with Crippen LogP contribution in [0.4, 0.5) is 5.69 Å². The van der Waals surface area contributed by atoms with Gasteiger partial charge in [0.1, 0.15) is 11.4 Å². The average Bonchev–Trinajstić information content (AvgIpc) is 2.83. The Hall–Kier alpha value is -4.35. The van der Waals surface area contributed by atoms with Crippen LogP contribution in [0.3, 0.4) is 0 Å². The molecule has 1 heterocycles. The minimum absolute atomic E-state index is 0.0556. The number of hydrogen-bond acceptors (Lipinski definition) is 5. The van der Waals surface area contributed by atoms with Gasteiger partial charge in [-0.25, -0.2) is 18.2 Å². The molecule has 176 valence electrons. The molecule has 0 radical (unpaired) electrons. The molecule has 0 aliphatic carbocycles. The molecule has 3 aromatic carbocycles. The van der Waals surface area contributed by atoms with Crippen molar-refractivity contribution < 1.29 is 23.1 Å². The van der Waals surface area contributed by atoms with Gasteiger partial charge in [-0.1, -0.05) is 48.2 Å². The maximum absolute atomic E-state index is 13.4. The highest BCUT2D eigenvalue weighted by Crippen LogP contribution is 2.33. The Bertz CT molecular complexity index is 1570. The number of sulfonamides is 1. The van der Waals surface area contributed by atoms with Gasteiger partial charge in [0.25, 0.3) is 10.0 Å². The van der Waals surface area contributed by atoms with Gasteiger partial charge >= 0.3 is 5.97 Å². The van der Waals surface area contributed by atoms with Gasteiger partial charge in [-0.3, -0.25) is 4.72 Å². The topological polar surface area (TPSA) is 106 Å². The van der Waals surface area contributed by atoms with Gasteiger partial charge < -0.3 is 9.84 Å². The number of para-hydroxylation sites is 1. The molecular formula is C27H22N2O5S. The molecular weight excluding hydrogens is 464 g/mol. The maximum Gasteiger partial charge on any atom is 0.354 e. The summed E-state index contributed by atoms with van der Waals surface area (Å²) in [6.07, 6.45) is 1.30. The van der Waals surface area contributed by atoms with Crippen molar-refractivity contribution in [2.45, 2.75) is 24.8 Å². The summed E-state index contributed by atoms with van der Waals surface area (Å²) >= 11 is 0. The number of hydrogen-bond donors (Lipinski definition) is 2. The molecule has 0 saturated carbocycles. The second kappa shape index (κ2) is 9.87. The molecule has 7 nitrogen and oxygen atoms in total. The van der Waals surface area contributed by atoms with Crippen LogP contribution in [0.25, 0.3) is 10.8 Å². The van der Waals surface area contributed by atoms with Gasteiger partial charge in [0.2, 0.25) is 0 Å². The van der Waals surface area contributed by atoms with Crippen molar-refractivity contribution in [2.24, 2.45) is 0 Å². The SMILES string of the molecule is CC(C)Oc1ccc(S(=O)(=O)Nc2ccccc2C#Cc2ccc(C(=O)O)nc2)c2ccccc12. The summed E-state index contributed by atoms with van der Waals surface area (Å²) in [6, 6.07) is 20.1. The largest absolute Gasteiger partial charge is 0.490 e.